The molecule has 9 nitrogen and oxygen atoms in total. The fraction of sp³-hybridized carbons (Fsp3) is 0.516. The van der Waals surface area contributed by atoms with Gasteiger partial charge in [0.1, 0.15) is 6.54 Å². The van der Waals surface area contributed by atoms with Crippen molar-refractivity contribution in [3.8, 4) is 0 Å². The van der Waals surface area contributed by atoms with Crippen LogP contribution >= 0.6 is 0 Å². The third-order valence-corrected chi connectivity index (χ3v) is 7.87. The Balaban J connectivity index is 1.66. The summed E-state index contributed by atoms with van der Waals surface area (Å²) in [6.45, 7) is 10.3. The average Bonchev–Trinajstić information content (AvgIpc) is 3.35. The number of hydrogen-bond acceptors (Lipinski definition) is 5. The molecule has 2 unspecified atom stereocenters. The molecule has 216 valence electrons. The molecule has 2 aromatic rings. The minimum atomic E-state index is -1.33. The Morgan fingerprint density at radius 1 is 1.05 bits per heavy atom. The van der Waals surface area contributed by atoms with Gasteiger partial charge in [-0.2, -0.15) is 5.01 Å². The van der Waals surface area contributed by atoms with Gasteiger partial charge in [0.05, 0.1) is 24.9 Å². The average molecular weight is 550 g/mol. The molecular formula is C31H43N5O4. The molecule has 4 rings (SSSR count). The van der Waals surface area contributed by atoms with E-state index in [2.05, 4.69) is 16.0 Å². The fourth-order valence-corrected chi connectivity index (χ4v) is 6.03. The number of quaternary nitrogens is 1. The zero-order chi connectivity index (χ0) is 29.1. The molecule has 2 aliphatic rings. The van der Waals surface area contributed by atoms with Gasteiger partial charge < -0.3 is 15.7 Å². The third-order valence-electron chi connectivity index (χ3n) is 7.87. The maximum Gasteiger partial charge on any atom is 0.362 e. The molecule has 2 aliphatic heterocycles. The van der Waals surface area contributed by atoms with E-state index in [9.17, 15) is 19.5 Å². The summed E-state index contributed by atoms with van der Waals surface area (Å²) < 4.78 is -0.337. The maximum absolute atomic E-state index is 14.5. The summed E-state index contributed by atoms with van der Waals surface area (Å²) in [7, 11) is 0. The lowest BCUT2D eigenvalue weighted by Gasteiger charge is -2.58. The number of nitrogens with zero attached hydrogens (tertiary/aromatic N) is 2. The first-order valence-electron chi connectivity index (χ1n) is 14.2. The molecule has 0 bridgehead atoms. The van der Waals surface area contributed by atoms with Crippen molar-refractivity contribution in [1.29, 1.82) is 0 Å². The Kier molecular flexibility index (Phi) is 8.97. The number of amides is 4. The van der Waals surface area contributed by atoms with Crippen molar-refractivity contribution in [3.05, 3.63) is 71.8 Å². The van der Waals surface area contributed by atoms with Crippen LogP contribution in [0.4, 0.5) is 4.79 Å². The Hall–Kier alpha value is -3.27. The van der Waals surface area contributed by atoms with Crippen LogP contribution in [0, 0.1) is 5.92 Å². The summed E-state index contributed by atoms with van der Waals surface area (Å²) >= 11 is 0. The number of imide groups is 1. The second-order valence-electron chi connectivity index (χ2n) is 12.4. The van der Waals surface area contributed by atoms with Gasteiger partial charge in [0, 0.05) is 18.4 Å². The number of carbonyl (C=O) groups is 3. The molecule has 2 heterocycles. The molecule has 0 radical (unpaired) electrons. The normalized spacial score (nSPS) is 25.6. The lowest BCUT2D eigenvalue weighted by molar-refractivity contribution is -1.10. The molecular weight excluding hydrogens is 506 g/mol. The second kappa shape index (κ2) is 12.1. The predicted molar refractivity (Wildman–Crippen MR) is 151 cm³/mol. The van der Waals surface area contributed by atoms with Crippen molar-refractivity contribution in [2.45, 2.75) is 90.3 Å². The number of nitrogens with one attached hydrogen (secondary N) is 3. The van der Waals surface area contributed by atoms with Crippen molar-refractivity contribution in [3.63, 3.8) is 0 Å². The Morgan fingerprint density at radius 3 is 2.23 bits per heavy atom. The zero-order valence-corrected chi connectivity index (χ0v) is 24.2. The number of hydrogen-bond donors (Lipinski definition) is 3. The fourth-order valence-electron chi connectivity index (χ4n) is 6.03. The molecule has 2 fully saturated rings. The van der Waals surface area contributed by atoms with Gasteiger partial charge in [-0.1, -0.05) is 74.5 Å². The molecule has 2 saturated heterocycles. The van der Waals surface area contributed by atoms with Crippen molar-refractivity contribution in [1.82, 2.24) is 21.0 Å². The van der Waals surface area contributed by atoms with E-state index >= 15 is 0 Å². The van der Waals surface area contributed by atoms with Crippen LogP contribution in [0.3, 0.4) is 0 Å². The molecule has 5 atom stereocenters. The van der Waals surface area contributed by atoms with E-state index in [1.54, 1.807) is 0 Å². The highest BCUT2D eigenvalue weighted by Gasteiger charge is 2.58. The van der Waals surface area contributed by atoms with Crippen molar-refractivity contribution >= 4 is 17.8 Å². The molecule has 4 amide bonds. The highest BCUT2D eigenvalue weighted by atomic mass is 16.3. The van der Waals surface area contributed by atoms with E-state index in [0.29, 0.717) is 25.8 Å². The van der Waals surface area contributed by atoms with Crippen LogP contribution in [0.25, 0.3) is 0 Å². The lowest BCUT2D eigenvalue weighted by atomic mass is 9.98. The minimum absolute atomic E-state index is 0.0587. The van der Waals surface area contributed by atoms with Gasteiger partial charge in [-0.3, -0.25) is 14.9 Å². The third kappa shape index (κ3) is 6.37. The van der Waals surface area contributed by atoms with Gasteiger partial charge in [-0.15, -0.1) is 0 Å². The van der Waals surface area contributed by atoms with Crippen LogP contribution in [-0.2, 0) is 22.6 Å². The Labute approximate surface area is 237 Å². The number of urea groups is 1. The van der Waals surface area contributed by atoms with E-state index in [1.807, 2.05) is 95.3 Å². The molecule has 0 aliphatic carbocycles. The topological polar surface area (TPSA) is 114 Å². The summed E-state index contributed by atoms with van der Waals surface area (Å²) in [6.07, 6.45) is 0.0322. The maximum atomic E-state index is 14.5. The molecule has 3 N–H and O–H groups in total. The standard InChI is InChI=1S/C31H43N5O4/c1-21(2)26(34-31(3,4)5)28(38)33-27(37)25-17-12-18-36(25)29(39)24(19-22-13-8-6-9-14-22)32-30(40)35(36)20-23-15-10-7-11-16-23/h6-11,13-16,21,24-26,29,34H,12,17-20H2,1-5H3,(H,32,40)(H,33,37,38)/t24-,25-,26-,29?,36?/m0/s1. The van der Waals surface area contributed by atoms with Gasteiger partial charge in [0.2, 0.25) is 5.91 Å². The summed E-state index contributed by atoms with van der Waals surface area (Å²) in [5, 5.41) is 24.9. The summed E-state index contributed by atoms with van der Waals surface area (Å²) in [4.78, 5) is 40.9. The molecule has 0 aromatic heterocycles. The van der Waals surface area contributed by atoms with Crippen molar-refractivity contribution < 1.29 is 24.1 Å². The first kappa shape index (κ1) is 29.7. The lowest BCUT2D eigenvalue weighted by Crippen LogP contribution is -2.83. The quantitative estimate of drug-likeness (QED) is 0.438. The minimum Gasteiger partial charge on any atom is -0.803 e. The Morgan fingerprint density at radius 2 is 1.65 bits per heavy atom. The van der Waals surface area contributed by atoms with Gasteiger partial charge in [0.15, 0.2) is 6.04 Å². The van der Waals surface area contributed by atoms with Gasteiger partial charge in [0.25, 0.3) is 5.91 Å². The van der Waals surface area contributed by atoms with E-state index in [-0.39, 0.29) is 28.6 Å². The summed E-state index contributed by atoms with van der Waals surface area (Å²) in [5.74, 6) is -0.980. The molecule has 40 heavy (non-hydrogen) atoms. The van der Waals surface area contributed by atoms with Crippen LogP contribution in [0.15, 0.2) is 60.7 Å². The second-order valence-corrected chi connectivity index (χ2v) is 12.4. The van der Waals surface area contributed by atoms with E-state index in [0.717, 1.165) is 11.1 Å². The van der Waals surface area contributed by atoms with Crippen LogP contribution in [-0.4, -0.2) is 63.9 Å². The Bertz CT molecular complexity index is 1180. The first-order chi connectivity index (χ1) is 18.9. The first-order valence-corrected chi connectivity index (χ1v) is 14.2. The van der Waals surface area contributed by atoms with Gasteiger partial charge in [-0.25, -0.2) is 9.39 Å². The highest BCUT2D eigenvalue weighted by Crippen LogP contribution is 2.37. The SMILES string of the molecule is CC(C)[C@H](NC(C)(C)C)C(=O)NC(=O)[C@@H]1CCC[N+]12C([O-])[C@H](Cc1ccccc1)NC(=O)N2Cc1ccccc1. The number of rotatable bonds is 8. The van der Waals surface area contributed by atoms with Crippen LogP contribution in [0.2, 0.25) is 0 Å². The van der Waals surface area contributed by atoms with E-state index in [1.165, 1.54) is 5.01 Å². The molecule has 0 saturated carbocycles. The van der Waals surface area contributed by atoms with Crippen LogP contribution in [0.5, 0.6) is 0 Å². The van der Waals surface area contributed by atoms with Crippen LogP contribution in [0.1, 0.15) is 58.6 Å². The van der Waals surface area contributed by atoms with E-state index in [4.69, 9.17) is 0 Å². The molecule has 2 aromatic carbocycles. The van der Waals surface area contributed by atoms with E-state index < -0.39 is 36.2 Å². The smallest absolute Gasteiger partial charge is 0.362 e. The summed E-state index contributed by atoms with van der Waals surface area (Å²) in [5.41, 5.74) is 1.46. The number of carbonyl (C=O) groups excluding carboxylic acids is 3. The van der Waals surface area contributed by atoms with Crippen molar-refractivity contribution in [2.24, 2.45) is 5.92 Å². The number of benzene rings is 2. The van der Waals surface area contributed by atoms with Crippen LogP contribution < -0.4 is 21.1 Å². The largest absolute Gasteiger partial charge is 0.803 e. The molecule has 9 heteroatoms. The zero-order valence-electron chi connectivity index (χ0n) is 24.2. The highest BCUT2D eigenvalue weighted by molar-refractivity contribution is 5.99. The van der Waals surface area contributed by atoms with Gasteiger partial charge in [-0.05, 0) is 44.2 Å². The van der Waals surface area contributed by atoms with Crippen molar-refractivity contribution in [2.75, 3.05) is 6.54 Å². The summed E-state index contributed by atoms with van der Waals surface area (Å²) in [6, 6.07) is 16.5. The molecule has 1 spiro atoms. The van der Waals surface area contributed by atoms with Gasteiger partial charge >= 0.3 is 6.03 Å². The predicted octanol–water partition coefficient (Wildman–Crippen LogP) is 2.46. The monoisotopic (exact) mass is 549 g/mol.